The van der Waals surface area contributed by atoms with Gasteiger partial charge in [0.1, 0.15) is 0 Å². The lowest BCUT2D eigenvalue weighted by Gasteiger charge is -2.11. The molecule has 1 N–H and O–H groups in total. The maximum atomic E-state index is 11.0. The Kier molecular flexibility index (Phi) is 6.90. The van der Waals surface area contributed by atoms with Gasteiger partial charge in [0, 0.05) is 17.1 Å². The van der Waals surface area contributed by atoms with Crippen molar-refractivity contribution >= 4 is 21.9 Å². The summed E-state index contributed by atoms with van der Waals surface area (Å²) in [7, 11) is 0. The highest BCUT2D eigenvalue weighted by Crippen LogP contribution is 2.00. The molecule has 0 radical (unpaired) electrons. The van der Waals surface area contributed by atoms with E-state index in [1.165, 1.54) is 0 Å². The molecule has 3 nitrogen and oxygen atoms in total. The summed E-state index contributed by atoms with van der Waals surface area (Å²) in [5, 5.41) is 3.12. The molecule has 76 valence electrons. The Balaban J connectivity index is 3.55. The topological polar surface area (TPSA) is 38.3 Å². The summed E-state index contributed by atoms with van der Waals surface area (Å²) in [6.07, 6.45) is 0.397. The van der Waals surface area contributed by atoms with E-state index in [1.54, 1.807) is 6.92 Å². The van der Waals surface area contributed by atoms with Crippen molar-refractivity contribution in [3.05, 3.63) is 11.1 Å². The molecule has 0 fully saturated rings. The van der Waals surface area contributed by atoms with Gasteiger partial charge in [0.25, 0.3) is 0 Å². The van der Waals surface area contributed by atoms with Gasteiger partial charge in [-0.2, -0.15) is 0 Å². The van der Waals surface area contributed by atoms with E-state index >= 15 is 0 Å². The number of hydrogen-bond donors (Lipinski definition) is 1. The highest BCUT2D eigenvalue weighted by molar-refractivity contribution is 9.11. The van der Waals surface area contributed by atoms with Gasteiger partial charge >= 0.3 is 5.97 Å². The first-order chi connectivity index (χ1) is 6.06. The van der Waals surface area contributed by atoms with Crippen molar-refractivity contribution in [2.24, 2.45) is 0 Å². The molecule has 0 saturated carbocycles. The van der Waals surface area contributed by atoms with E-state index in [9.17, 15) is 4.79 Å². The van der Waals surface area contributed by atoms with Crippen molar-refractivity contribution in [1.29, 1.82) is 0 Å². The van der Waals surface area contributed by atoms with Crippen LogP contribution in [-0.2, 0) is 9.53 Å². The number of hydrogen-bond acceptors (Lipinski definition) is 3. The van der Waals surface area contributed by atoms with E-state index in [2.05, 4.69) is 27.8 Å². The quantitative estimate of drug-likeness (QED) is 0.731. The van der Waals surface area contributed by atoms with Crippen LogP contribution in [0.3, 0.4) is 0 Å². The lowest BCUT2D eigenvalue weighted by Crippen LogP contribution is -2.30. The fraction of sp³-hybridized carbons (Fsp3) is 0.667. The van der Waals surface area contributed by atoms with Gasteiger partial charge in [0.05, 0.1) is 13.0 Å². The first kappa shape index (κ1) is 12.7. The molecule has 0 spiro atoms. The molecule has 0 amide bonds. The van der Waals surface area contributed by atoms with Gasteiger partial charge in [-0.05, 0) is 13.8 Å². The van der Waals surface area contributed by atoms with Crippen molar-refractivity contribution in [3.8, 4) is 0 Å². The molecular weight excluding hydrogens is 234 g/mol. The van der Waals surface area contributed by atoms with Gasteiger partial charge in [-0.3, -0.25) is 4.79 Å². The van der Waals surface area contributed by atoms with E-state index < -0.39 is 0 Å². The molecule has 4 heteroatoms. The van der Waals surface area contributed by atoms with Crippen LogP contribution in [0.25, 0.3) is 0 Å². The Hall–Kier alpha value is -0.350. The van der Waals surface area contributed by atoms with Crippen LogP contribution in [0, 0.1) is 0 Å². The summed E-state index contributed by atoms with van der Waals surface area (Å²) in [4.78, 5) is 11.0. The molecule has 0 rings (SSSR count). The van der Waals surface area contributed by atoms with E-state index in [1.807, 2.05) is 6.92 Å². The minimum atomic E-state index is -0.164. The number of rotatable bonds is 6. The number of halogens is 1. The summed E-state index contributed by atoms with van der Waals surface area (Å²) in [5.74, 6) is -0.164. The molecule has 0 heterocycles. The Bertz CT molecular complexity index is 182. The highest BCUT2D eigenvalue weighted by Gasteiger charge is 2.08. The van der Waals surface area contributed by atoms with Crippen LogP contribution in [0.5, 0.6) is 0 Å². The van der Waals surface area contributed by atoms with Crippen molar-refractivity contribution in [1.82, 2.24) is 5.32 Å². The maximum Gasteiger partial charge on any atom is 0.307 e. The fourth-order valence-electron chi connectivity index (χ4n) is 0.827. The predicted molar refractivity (Wildman–Crippen MR) is 56.8 cm³/mol. The first-order valence-electron chi connectivity index (χ1n) is 4.28. The summed E-state index contributed by atoms with van der Waals surface area (Å²) < 4.78 is 5.68. The van der Waals surface area contributed by atoms with Crippen LogP contribution in [0.15, 0.2) is 11.1 Å². The molecule has 0 aromatic heterocycles. The monoisotopic (exact) mass is 249 g/mol. The second kappa shape index (κ2) is 7.09. The molecule has 0 aliphatic heterocycles. The van der Waals surface area contributed by atoms with Crippen LogP contribution < -0.4 is 5.32 Å². The number of esters is 1. The number of ether oxygens (including phenoxy) is 1. The van der Waals surface area contributed by atoms with Crippen LogP contribution >= 0.6 is 15.9 Å². The molecule has 0 aliphatic rings. The summed E-state index contributed by atoms with van der Waals surface area (Å²) in [6, 6.07) is 0.119. The molecule has 1 unspecified atom stereocenters. The van der Waals surface area contributed by atoms with E-state index in [4.69, 9.17) is 4.74 Å². The fourth-order valence-corrected chi connectivity index (χ4v) is 0.989. The van der Waals surface area contributed by atoms with Crippen molar-refractivity contribution in [2.75, 3.05) is 13.2 Å². The third-order valence-corrected chi connectivity index (χ3v) is 1.70. The molecule has 13 heavy (non-hydrogen) atoms. The zero-order valence-electron chi connectivity index (χ0n) is 8.10. The molecule has 0 saturated heterocycles. The molecule has 0 aliphatic carbocycles. The molecule has 0 bridgehead atoms. The Labute approximate surface area is 87.7 Å². The molecular formula is C9H16BrNO2. The number of carbonyl (C=O) groups is 1. The number of nitrogens with one attached hydrogen (secondary N) is 1. The normalized spacial score (nSPS) is 12.2. The summed E-state index contributed by atoms with van der Waals surface area (Å²) in [6.45, 7) is 8.53. The largest absolute Gasteiger partial charge is 0.466 e. The van der Waals surface area contributed by atoms with Crippen LogP contribution in [0.1, 0.15) is 20.3 Å². The second-order valence-corrected chi connectivity index (χ2v) is 3.93. The van der Waals surface area contributed by atoms with Gasteiger partial charge in [-0.15, -0.1) is 0 Å². The van der Waals surface area contributed by atoms with Crippen molar-refractivity contribution in [2.45, 2.75) is 26.3 Å². The van der Waals surface area contributed by atoms with Crippen LogP contribution in [-0.4, -0.2) is 25.2 Å². The average molecular weight is 250 g/mol. The van der Waals surface area contributed by atoms with E-state index in [0.717, 1.165) is 4.48 Å². The zero-order chi connectivity index (χ0) is 10.3. The van der Waals surface area contributed by atoms with Crippen LogP contribution in [0.2, 0.25) is 0 Å². The molecule has 0 aromatic carbocycles. The van der Waals surface area contributed by atoms with Gasteiger partial charge in [-0.1, -0.05) is 22.5 Å². The first-order valence-corrected chi connectivity index (χ1v) is 5.07. The summed E-state index contributed by atoms with van der Waals surface area (Å²) >= 11 is 3.23. The Morgan fingerprint density at radius 2 is 2.31 bits per heavy atom. The van der Waals surface area contributed by atoms with Gasteiger partial charge in [-0.25, -0.2) is 0 Å². The third kappa shape index (κ3) is 7.99. The minimum absolute atomic E-state index is 0.119. The van der Waals surface area contributed by atoms with Gasteiger partial charge < -0.3 is 10.1 Å². The molecule has 0 aromatic rings. The summed E-state index contributed by atoms with van der Waals surface area (Å²) in [5.41, 5.74) is 0. The van der Waals surface area contributed by atoms with Gasteiger partial charge in [0.2, 0.25) is 0 Å². The lowest BCUT2D eigenvalue weighted by atomic mass is 10.2. The second-order valence-electron chi connectivity index (χ2n) is 2.81. The third-order valence-electron chi connectivity index (χ3n) is 1.42. The predicted octanol–water partition coefficient (Wildman–Crippen LogP) is 1.83. The van der Waals surface area contributed by atoms with Crippen molar-refractivity contribution < 1.29 is 9.53 Å². The SMILES string of the molecule is C=C(Br)CNC(C)CC(=O)OCC. The van der Waals surface area contributed by atoms with Gasteiger partial charge in [0.15, 0.2) is 0 Å². The van der Waals surface area contributed by atoms with Crippen molar-refractivity contribution in [3.63, 3.8) is 0 Å². The maximum absolute atomic E-state index is 11.0. The highest BCUT2D eigenvalue weighted by atomic mass is 79.9. The smallest absolute Gasteiger partial charge is 0.307 e. The average Bonchev–Trinajstić information content (AvgIpc) is 2.01. The zero-order valence-corrected chi connectivity index (χ0v) is 9.69. The molecule has 1 atom stereocenters. The van der Waals surface area contributed by atoms with E-state index in [-0.39, 0.29) is 12.0 Å². The van der Waals surface area contributed by atoms with Crippen LogP contribution in [0.4, 0.5) is 0 Å². The number of carbonyl (C=O) groups excluding carboxylic acids is 1. The van der Waals surface area contributed by atoms with E-state index in [0.29, 0.717) is 19.6 Å². The lowest BCUT2D eigenvalue weighted by molar-refractivity contribution is -0.143. The Morgan fingerprint density at radius 3 is 2.77 bits per heavy atom. The Morgan fingerprint density at radius 1 is 1.69 bits per heavy atom. The standard InChI is InChI=1S/C9H16BrNO2/c1-4-13-9(12)5-8(3)11-6-7(2)10/h8,11H,2,4-6H2,1,3H3. The minimum Gasteiger partial charge on any atom is -0.466 e.